The third kappa shape index (κ3) is 2.22. The Morgan fingerprint density at radius 1 is 1.40 bits per heavy atom. The first-order chi connectivity index (χ1) is 7.25. The second kappa shape index (κ2) is 3.95. The molecular formula is C9H12N6. The van der Waals surface area contributed by atoms with Crippen LogP contribution in [0.2, 0.25) is 0 Å². The number of nitrogens with one attached hydrogen (secondary N) is 2. The summed E-state index contributed by atoms with van der Waals surface area (Å²) in [4.78, 5) is 15.0. The third-order valence-electron chi connectivity index (χ3n) is 1.98. The molecule has 0 amide bonds. The van der Waals surface area contributed by atoms with Gasteiger partial charge >= 0.3 is 0 Å². The summed E-state index contributed by atoms with van der Waals surface area (Å²) in [6.07, 6.45) is 4.91. The van der Waals surface area contributed by atoms with E-state index in [0.717, 1.165) is 5.82 Å². The van der Waals surface area contributed by atoms with E-state index in [1.165, 1.54) is 6.33 Å². The molecule has 0 radical (unpaired) electrons. The number of nitrogen functional groups attached to an aromatic ring is 1. The van der Waals surface area contributed by atoms with Gasteiger partial charge in [-0.2, -0.15) is 0 Å². The predicted octanol–water partition coefficient (Wildman–Crippen LogP) is 0.955. The van der Waals surface area contributed by atoms with Crippen molar-refractivity contribution in [1.82, 2.24) is 19.9 Å². The minimum Gasteiger partial charge on any atom is -0.384 e. The van der Waals surface area contributed by atoms with Gasteiger partial charge in [0.15, 0.2) is 0 Å². The van der Waals surface area contributed by atoms with Crippen LogP contribution in [0.25, 0.3) is 0 Å². The Hall–Kier alpha value is -2.11. The molecule has 0 saturated heterocycles. The predicted molar refractivity (Wildman–Crippen MR) is 57.1 cm³/mol. The van der Waals surface area contributed by atoms with Gasteiger partial charge in [-0.3, -0.25) is 0 Å². The summed E-state index contributed by atoms with van der Waals surface area (Å²) >= 11 is 0. The molecule has 1 atom stereocenters. The molecule has 78 valence electrons. The number of imidazole rings is 1. The molecule has 0 fully saturated rings. The zero-order chi connectivity index (χ0) is 10.7. The number of H-pyrrole nitrogens is 1. The van der Waals surface area contributed by atoms with Crippen molar-refractivity contribution in [3.8, 4) is 0 Å². The van der Waals surface area contributed by atoms with E-state index in [0.29, 0.717) is 11.6 Å². The van der Waals surface area contributed by atoms with E-state index in [2.05, 4.69) is 25.3 Å². The van der Waals surface area contributed by atoms with Crippen molar-refractivity contribution in [1.29, 1.82) is 0 Å². The van der Waals surface area contributed by atoms with Crippen LogP contribution in [-0.2, 0) is 0 Å². The quantitative estimate of drug-likeness (QED) is 0.692. The van der Waals surface area contributed by atoms with Gasteiger partial charge in [0.25, 0.3) is 0 Å². The average Bonchev–Trinajstić information content (AvgIpc) is 2.70. The van der Waals surface area contributed by atoms with Crippen molar-refractivity contribution in [2.45, 2.75) is 13.0 Å². The fraction of sp³-hybridized carbons (Fsp3) is 0.222. The Labute approximate surface area is 87.0 Å². The number of hydrogen-bond donors (Lipinski definition) is 3. The highest BCUT2D eigenvalue weighted by Gasteiger charge is 2.07. The fourth-order valence-electron chi connectivity index (χ4n) is 1.26. The highest BCUT2D eigenvalue weighted by molar-refractivity contribution is 5.44. The number of rotatable bonds is 3. The highest BCUT2D eigenvalue weighted by atomic mass is 15.1. The number of anilines is 2. The van der Waals surface area contributed by atoms with E-state index in [1.807, 2.05) is 6.92 Å². The van der Waals surface area contributed by atoms with Gasteiger partial charge in [0, 0.05) is 18.5 Å². The van der Waals surface area contributed by atoms with E-state index in [4.69, 9.17) is 5.73 Å². The van der Waals surface area contributed by atoms with Gasteiger partial charge in [-0.05, 0) is 6.92 Å². The molecule has 15 heavy (non-hydrogen) atoms. The summed E-state index contributed by atoms with van der Waals surface area (Å²) in [7, 11) is 0. The first-order valence-corrected chi connectivity index (χ1v) is 4.59. The van der Waals surface area contributed by atoms with Crippen LogP contribution in [0.4, 0.5) is 11.6 Å². The van der Waals surface area contributed by atoms with Crippen LogP contribution < -0.4 is 11.1 Å². The molecule has 6 nitrogen and oxygen atoms in total. The van der Waals surface area contributed by atoms with Crippen LogP contribution in [0, 0.1) is 0 Å². The molecule has 2 heterocycles. The van der Waals surface area contributed by atoms with Crippen LogP contribution in [0.3, 0.4) is 0 Å². The number of aromatic amines is 1. The van der Waals surface area contributed by atoms with Gasteiger partial charge in [0.1, 0.15) is 23.8 Å². The Morgan fingerprint density at radius 3 is 2.93 bits per heavy atom. The van der Waals surface area contributed by atoms with Gasteiger partial charge < -0.3 is 16.0 Å². The largest absolute Gasteiger partial charge is 0.384 e. The summed E-state index contributed by atoms with van der Waals surface area (Å²) in [6.45, 7) is 1.98. The second-order valence-electron chi connectivity index (χ2n) is 3.17. The molecular weight excluding hydrogens is 192 g/mol. The molecule has 2 aromatic heterocycles. The molecule has 1 unspecified atom stereocenters. The van der Waals surface area contributed by atoms with Gasteiger partial charge in [-0.25, -0.2) is 15.0 Å². The van der Waals surface area contributed by atoms with Crippen LogP contribution in [0.5, 0.6) is 0 Å². The lowest BCUT2D eigenvalue weighted by Crippen LogP contribution is -2.10. The maximum atomic E-state index is 5.54. The number of aromatic nitrogens is 4. The second-order valence-corrected chi connectivity index (χ2v) is 3.17. The lowest BCUT2D eigenvalue weighted by atomic mass is 10.3. The van der Waals surface area contributed by atoms with Gasteiger partial charge in [-0.15, -0.1) is 0 Å². The molecule has 0 bridgehead atoms. The first-order valence-electron chi connectivity index (χ1n) is 4.59. The molecule has 0 saturated carbocycles. The molecule has 0 aromatic carbocycles. The number of nitrogens with two attached hydrogens (primary N) is 1. The maximum absolute atomic E-state index is 5.54. The summed E-state index contributed by atoms with van der Waals surface area (Å²) in [5.74, 6) is 1.98. The molecule has 0 spiro atoms. The maximum Gasteiger partial charge on any atom is 0.132 e. The van der Waals surface area contributed by atoms with Crippen LogP contribution >= 0.6 is 0 Å². The SMILES string of the molecule is CC(Nc1cc(N)ncn1)c1ncc[nH]1. The lowest BCUT2D eigenvalue weighted by Gasteiger charge is -2.11. The number of nitrogens with zero attached hydrogens (tertiary/aromatic N) is 3. The van der Waals surface area contributed by atoms with Gasteiger partial charge in [-0.1, -0.05) is 0 Å². The fourth-order valence-corrected chi connectivity index (χ4v) is 1.26. The van der Waals surface area contributed by atoms with Gasteiger partial charge in [0.2, 0.25) is 0 Å². The van der Waals surface area contributed by atoms with Crippen LogP contribution in [-0.4, -0.2) is 19.9 Å². The zero-order valence-corrected chi connectivity index (χ0v) is 8.31. The normalized spacial score (nSPS) is 12.3. The van der Waals surface area contributed by atoms with E-state index in [9.17, 15) is 0 Å². The van der Waals surface area contributed by atoms with Crippen LogP contribution in [0.1, 0.15) is 18.8 Å². The Bertz CT molecular complexity index is 424. The molecule has 0 aliphatic carbocycles. The van der Waals surface area contributed by atoms with Crippen molar-refractivity contribution in [2.24, 2.45) is 0 Å². The monoisotopic (exact) mass is 204 g/mol. The average molecular weight is 204 g/mol. The molecule has 4 N–H and O–H groups in total. The summed E-state index contributed by atoms with van der Waals surface area (Å²) < 4.78 is 0. The first kappa shape index (κ1) is 9.45. The Balaban J connectivity index is 2.09. The van der Waals surface area contributed by atoms with E-state index < -0.39 is 0 Å². The third-order valence-corrected chi connectivity index (χ3v) is 1.98. The van der Waals surface area contributed by atoms with Gasteiger partial charge in [0.05, 0.1) is 6.04 Å². The van der Waals surface area contributed by atoms with E-state index in [-0.39, 0.29) is 6.04 Å². The minimum atomic E-state index is 0.0503. The topological polar surface area (TPSA) is 92.5 Å². The van der Waals surface area contributed by atoms with Crippen molar-refractivity contribution in [2.75, 3.05) is 11.1 Å². The molecule has 2 rings (SSSR count). The standard InChI is InChI=1S/C9H12N6/c1-6(9-11-2-3-12-9)15-8-4-7(10)13-5-14-8/h2-6H,1H3,(H,11,12)(H3,10,13,14,15). The molecule has 2 aromatic rings. The van der Waals surface area contributed by atoms with Crippen molar-refractivity contribution >= 4 is 11.6 Å². The molecule has 0 aliphatic heterocycles. The smallest absolute Gasteiger partial charge is 0.132 e. The van der Waals surface area contributed by atoms with Crippen molar-refractivity contribution < 1.29 is 0 Å². The molecule has 6 heteroatoms. The zero-order valence-electron chi connectivity index (χ0n) is 8.31. The number of hydrogen-bond acceptors (Lipinski definition) is 5. The van der Waals surface area contributed by atoms with Crippen molar-refractivity contribution in [3.05, 3.63) is 30.6 Å². The van der Waals surface area contributed by atoms with Crippen LogP contribution in [0.15, 0.2) is 24.8 Å². The summed E-state index contributed by atoms with van der Waals surface area (Å²) in [6, 6.07) is 1.73. The Morgan fingerprint density at radius 2 is 2.27 bits per heavy atom. The Kier molecular flexibility index (Phi) is 2.49. The van der Waals surface area contributed by atoms with E-state index >= 15 is 0 Å². The minimum absolute atomic E-state index is 0.0503. The van der Waals surface area contributed by atoms with E-state index in [1.54, 1.807) is 18.5 Å². The summed E-state index contributed by atoms with van der Waals surface area (Å²) in [5.41, 5.74) is 5.54. The van der Waals surface area contributed by atoms with Crippen molar-refractivity contribution in [3.63, 3.8) is 0 Å². The highest BCUT2D eigenvalue weighted by Crippen LogP contribution is 2.14. The molecule has 0 aliphatic rings. The summed E-state index contributed by atoms with van der Waals surface area (Å²) in [5, 5.41) is 3.16. The lowest BCUT2D eigenvalue weighted by molar-refractivity contribution is 0.803.